The third kappa shape index (κ3) is 2.71. The van der Waals surface area contributed by atoms with Gasteiger partial charge in [0.15, 0.2) is 0 Å². The Morgan fingerprint density at radius 3 is 2.36 bits per heavy atom. The van der Waals surface area contributed by atoms with Crippen LogP contribution in [0.3, 0.4) is 0 Å². The fourth-order valence-electron chi connectivity index (χ4n) is 1.87. The number of hydrogen-bond donors (Lipinski definition) is 1. The van der Waals surface area contributed by atoms with Crippen molar-refractivity contribution >= 4 is 12.4 Å². The van der Waals surface area contributed by atoms with Crippen LogP contribution in [-0.4, -0.2) is 28.7 Å². The largest absolute Gasteiger partial charge is 0.388 e. The zero-order chi connectivity index (χ0) is 9.31. The van der Waals surface area contributed by atoms with Gasteiger partial charge < -0.3 is 5.11 Å². The molecule has 1 fully saturated rings. The van der Waals surface area contributed by atoms with Crippen LogP contribution >= 0.6 is 12.4 Å². The minimum Gasteiger partial charge on any atom is -0.388 e. The summed E-state index contributed by atoms with van der Waals surface area (Å²) in [4.78, 5) is 2.25. The molecule has 1 heterocycles. The third-order valence-corrected chi connectivity index (χ3v) is 2.38. The molecule has 1 aliphatic heterocycles. The molecule has 0 atom stereocenters. The third-order valence-electron chi connectivity index (χ3n) is 2.38. The number of nitrogens with zero attached hydrogens (tertiary/aromatic N) is 1. The lowest BCUT2D eigenvalue weighted by atomic mass is 9.96. The number of likely N-dealkylation sites (tertiary alicyclic amines) is 1. The molecule has 1 aromatic rings. The standard InChI is InChI=1S/C11H15NO.ClH/c1-11(13)8-12(9-11)7-10-5-3-2-4-6-10;/h2-6,13H,7-9H2,1H3;1H. The normalized spacial score (nSPS) is 19.6. The van der Waals surface area contributed by atoms with E-state index in [1.165, 1.54) is 5.56 Å². The topological polar surface area (TPSA) is 23.5 Å². The van der Waals surface area contributed by atoms with E-state index in [-0.39, 0.29) is 12.4 Å². The molecule has 1 saturated heterocycles. The van der Waals surface area contributed by atoms with Gasteiger partial charge >= 0.3 is 0 Å². The Labute approximate surface area is 91.0 Å². The van der Waals surface area contributed by atoms with Crippen LogP contribution in [0.1, 0.15) is 12.5 Å². The van der Waals surface area contributed by atoms with Crippen LogP contribution in [0.5, 0.6) is 0 Å². The first-order valence-corrected chi connectivity index (χ1v) is 4.64. The van der Waals surface area contributed by atoms with Gasteiger partial charge in [-0.3, -0.25) is 4.90 Å². The molecule has 1 aliphatic rings. The maximum atomic E-state index is 9.52. The number of aliphatic hydroxyl groups is 1. The molecule has 1 aromatic carbocycles. The Kier molecular flexibility index (Phi) is 3.53. The summed E-state index contributed by atoms with van der Waals surface area (Å²) in [6.45, 7) is 4.43. The quantitative estimate of drug-likeness (QED) is 0.808. The maximum absolute atomic E-state index is 9.52. The average molecular weight is 214 g/mol. The molecule has 0 aliphatic carbocycles. The highest BCUT2D eigenvalue weighted by Gasteiger charge is 2.35. The fourth-order valence-corrected chi connectivity index (χ4v) is 1.87. The first-order chi connectivity index (χ1) is 6.16. The number of rotatable bonds is 2. The fraction of sp³-hybridized carbons (Fsp3) is 0.455. The van der Waals surface area contributed by atoms with Gasteiger partial charge in [0, 0.05) is 19.6 Å². The Bertz CT molecular complexity index is 279. The Morgan fingerprint density at radius 2 is 1.86 bits per heavy atom. The lowest BCUT2D eigenvalue weighted by Gasteiger charge is -2.44. The molecule has 0 amide bonds. The van der Waals surface area contributed by atoms with Crippen molar-refractivity contribution in [2.45, 2.75) is 19.1 Å². The van der Waals surface area contributed by atoms with E-state index in [0.717, 1.165) is 19.6 Å². The molecule has 0 unspecified atom stereocenters. The van der Waals surface area contributed by atoms with Crippen LogP contribution in [0.2, 0.25) is 0 Å². The van der Waals surface area contributed by atoms with Crippen molar-refractivity contribution in [3.63, 3.8) is 0 Å². The smallest absolute Gasteiger partial charge is 0.0872 e. The van der Waals surface area contributed by atoms with Gasteiger partial charge in [-0.25, -0.2) is 0 Å². The molecule has 0 radical (unpaired) electrons. The molecule has 0 saturated carbocycles. The molecule has 0 spiro atoms. The maximum Gasteiger partial charge on any atom is 0.0872 e. The molecular weight excluding hydrogens is 198 g/mol. The minimum atomic E-state index is -0.450. The second-order valence-corrected chi connectivity index (χ2v) is 4.13. The van der Waals surface area contributed by atoms with E-state index in [0.29, 0.717) is 0 Å². The van der Waals surface area contributed by atoms with Gasteiger partial charge in [-0.15, -0.1) is 12.4 Å². The van der Waals surface area contributed by atoms with Gasteiger partial charge in [0.25, 0.3) is 0 Å². The molecular formula is C11H16ClNO. The van der Waals surface area contributed by atoms with E-state index in [1.54, 1.807) is 0 Å². The highest BCUT2D eigenvalue weighted by Crippen LogP contribution is 2.21. The van der Waals surface area contributed by atoms with E-state index in [1.807, 2.05) is 25.1 Å². The summed E-state index contributed by atoms with van der Waals surface area (Å²) < 4.78 is 0. The van der Waals surface area contributed by atoms with Gasteiger partial charge in [0.2, 0.25) is 0 Å². The average Bonchev–Trinajstić information content (AvgIpc) is 2.03. The van der Waals surface area contributed by atoms with Gasteiger partial charge in [-0.05, 0) is 12.5 Å². The SMILES string of the molecule is CC1(O)CN(Cc2ccccc2)C1.Cl. The van der Waals surface area contributed by atoms with Crippen molar-refractivity contribution in [3.05, 3.63) is 35.9 Å². The molecule has 0 aromatic heterocycles. The highest BCUT2D eigenvalue weighted by molar-refractivity contribution is 5.85. The molecule has 14 heavy (non-hydrogen) atoms. The molecule has 2 rings (SSSR count). The predicted molar refractivity (Wildman–Crippen MR) is 59.6 cm³/mol. The number of β-amino-alcohol motifs (C(OH)–C–C–N with tert-alkyl or cyclic N) is 1. The van der Waals surface area contributed by atoms with E-state index < -0.39 is 5.60 Å². The van der Waals surface area contributed by atoms with Crippen LogP contribution in [0.4, 0.5) is 0 Å². The minimum absolute atomic E-state index is 0. The summed E-state index contributed by atoms with van der Waals surface area (Å²) in [5.74, 6) is 0. The van der Waals surface area contributed by atoms with Crippen molar-refractivity contribution < 1.29 is 5.11 Å². The second kappa shape index (κ2) is 4.30. The van der Waals surface area contributed by atoms with Crippen molar-refractivity contribution in [1.82, 2.24) is 4.90 Å². The Morgan fingerprint density at radius 1 is 1.29 bits per heavy atom. The zero-order valence-corrected chi connectivity index (χ0v) is 9.13. The summed E-state index contributed by atoms with van der Waals surface area (Å²) in [5.41, 5.74) is 0.868. The summed E-state index contributed by atoms with van der Waals surface area (Å²) in [7, 11) is 0. The molecule has 2 nitrogen and oxygen atoms in total. The number of hydrogen-bond acceptors (Lipinski definition) is 2. The predicted octanol–water partition coefficient (Wildman–Crippen LogP) is 1.68. The first kappa shape index (κ1) is 11.5. The van der Waals surface area contributed by atoms with Gasteiger partial charge in [-0.1, -0.05) is 30.3 Å². The number of halogens is 1. The lowest BCUT2D eigenvalue weighted by Crippen LogP contribution is -2.59. The van der Waals surface area contributed by atoms with Gasteiger partial charge in [0.05, 0.1) is 5.60 Å². The van der Waals surface area contributed by atoms with Crippen molar-refractivity contribution in [2.75, 3.05) is 13.1 Å². The van der Waals surface area contributed by atoms with Crippen molar-refractivity contribution in [2.24, 2.45) is 0 Å². The summed E-state index contributed by atoms with van der Waals surface area (Å²) in [6.07, 6.45) is 0. The molecule has 3 heteroatoms. The van der Waals surface area contributed by atoms with Gasteiger partial charge in [0.1, 0.15) is 0 Å². The van der Waals surface area contributed by atoms with E-state index in [4.69, 9.17) is 0 Å². The highest BCUT2D eigenvalue weighted by atomic mass is 35.5. The van der Waals surface area contributed by atoms with E-state index in [9.17, 15) is 5.11 Å². The first-order valence-electron chi connectivity index (χ1n) is 4.64. The van der Waals surface area contributed by atoms with E-state index >= 15 is 0 Å². The summed E-state index contributed by atoms with van der Waals surface area (Å²) in [6, 6.07) is 10.4. The lowest BCUT2D eigenvalue weighted by molar-refractivity contribution is -0.0871. The Hall–Kier alpha value is -0.570. The van der Waals surface area contributed by atoms with E-state index in [2.05, 4.69) is 17.0 Å². The number of benzene rings is 1. The van der Waals surface area contributed by atoms with Crippen molar-refractivity contribution in [3.8, 4) is 0 Å². The monoisotopic (exact) mass is 213 g/mol. The van der Waals surface area contributed by atoms with Crippen molar-refractivity contribution in [1.29, 1.82) is 0 Å². The van der Waals surface area contributed by atoms with Gasteiger partial charge in [-0.2, -0.15) is 0 Å². The Balaban J connectivity index is 0.000000980. The molecule has 78 valence electrons. The van der Waals surface area contributed by atoms with Crippen LogP contribution in [0.25, 0.3) is 0 Å². The molecule has 1 N–H and O–H groups in total. The summed E-state index contributed by atoms with van der Waals surface area (Å²) >= 11 is 0. The summed E-state index contributed by atoms with van der Waals surface area (Å²) in [5, 5.41) is 9.52. The zero-order valence-electron chi connectivity index (χ0n) is 8.31. The van der Waals surface area contributed by atoms with Crippen LogP contribution in [0, 0.1) is 0 Å². The van der Waals surface area contributed by atoms with Crippen LogP contribution in [-0.2, 0) is 6.54 Å². The van der Waals surface area contributed by atoms with Crippen LogP contribution in [0.15, 0.2) is 30.3 Å². The molecule has 0 bridgehead atoms. The second-order valence-electron chi connectivity index (χ2n) is 4.13. The van der Waals surface area contributed by atoms with Crippen LogP contribution < -0.4 is 0 Å².